The topological polar surface area (TPSA) is 102 Å². The Morgan fingerprint density at radius 1 is 1.17 bits per heavy atom. The first-order valence-electron chi connectivity index (χ1n) is 7.45. The molecule has 0 amide bonds. The van der Waals surface area contributed by atoms with Crippen LogP contribution in [0.3, 0.4) is 0 Å². The third-order valence-electron chi connectivity index (χ3n) is 3.55. The predicted octanol–water partition coefficient (Wildman–Crippen LogP) is 0.452. The Morgan fingerprint density at radius 2 is 1.87 bits per heavy atom. The minimum Gasteiger partial charge on any atom is -0.378 e. The summed E-state index contributed by atoms with van der Waals surface area (Å²) in [6.07, 6.45) is 1.27. The number of rotatable bonds is 7. The Morgan fingerprint density at radius 3 is 2.52 bits per heavy atom. The maximum absolute atomic E-state index is 12.0. The van der Waals surface area contributed by atoms with Gasteiger partial charge >= 0.3 is 0 Å². The molecule has 1 heterocycles. The molecule has 2 rings (SSSR count). The standard InChI is InChI=1S/C14H22N2O5S2/c1-12-11-13(7-9-21-12)16-22(17,18)10-8-15-23(19,20)14-5-3-2-4-6-14/h2-6,12-13,15-16H,7-11H2,1H3/t12-,13-/m0/s1. The normalized spacial score (nSPS) is 22.8. The van der Waals surface area contributed by atoms with E-state index in [1.54, 1.807) is 18.2 Å². The molecule has 7 nitrogen and oxygen atoms in total. The second kappa shape index (κ2) is 7.71. The molecule has 9 heteroatoms. The van der Waals surface area contributed by atoms with Crippen molar-refractivity contribution in [3.8, 4) is 0 Å². The molecule has 0 spiro atoms. The molecule has 130 valence electrons. The van der Waals surface area contributed by atoms with Gasteiger partial charge in [0.1, 0.15) is 0 Å². The number of sulfonamides is 2. The van der Waals surface area contributed by atoms with Gasteiger partial charge in [-0.3, -0.25) is 0 Å². The van der Waals surface area contributed by atoms with Gasteiger partial charge < -0.3 is 4.74 Å². The highest BCUT2D eigenvalue weighted by atomic mass is 32.2. The first-order valence-corrected chi connectivity index (χ1v) is 10.6. The molecule has 2 atom stereocenters. The molecule has 0 unspecified atom stereocenters. The Hall–Kier alpha value is -1.00. The van der Waals surface area contributed by atoms with E-state index in [1.807, 2.05) is 6.92 Å². The lowest BCUT2D eigenvalue weighted by Crippen LogP contribution is -2.43. The monoisotopic (exact) mass is 362 g/mol. The van der Waals surface area contributed by atoms with E-state index in [9.17, 15) is 16.8 Å². The molecule has 0 aromatic heterocycles. The van der Waals surface area contributed by atoms with Gasteiger partial charge in [0.2, 0.25) is 20.0 Å². The van der Waals surface area contributed by atoms with E-state index in [0.717, 1.165) is 0 Å². The summed E-state index contributed by atoms with van der Waals surface area (Å²) in [6, 6.07) is 7.69. The van der Waals surface area contributed by atoms with E-state index < -0.39 is 20.0 Å². The summed E-state index contributed by atoms with van der Waals surface area (Å²) in [5.74, 6) is -0.301. The summed E-state index contributed by atoms with van der Waals surface area (Å²) in [5, 5.41) is 0. The average molecular weight is 362 g/mol. The van der Waals surface area contributed by atoms with Crippen molar-refractivity contribution < 1.29 is 21.6 Å². The van der Waals surface area contributed by atoms with E-state index in [0.29, 0.717) is 19.4 Å². The summed E-state index contributed by atoms with van der Waals surface area (Å²) in [6.45, 7) is 2.24. The molecule has 1 aromatic carbocycles. The fourth-order valence-electron chi connectivity index (χ4n) is 2.41. The van der Waals surface area contributed by atoms with Gasteiger partial charge in [0.15, 0.2) is 0 Å². The van der Waals surface area contributed by atoms with Crippen LogP contribution < -0.4 is 9.44 Å². The van der Waals surface area contributed by atoms with Crippen molar-refractivity contribution in [1.82, 2.24) is 9.44 Å². The number of nitrogens with one attached hydrogen (secondary N) is 2. The number of benzene rings is 1. The van der Waals surface area contributed by atoms with Crippen LogP contribution in [0.2, 0.25) is 0 Å². The molecule has 1 fully saturated rings. The molecule has 0 radical (unpaired) electrons. The Labute approximate surface area is 137 Å². The lowest BCUT2D eigenvalue weighted by molar-refractivity contribution is 0.0173. The van der Waals surface area contributed by atoms with Crippen LogP contribution in [0.15, 0.2) is 35.2 Å². The van der Waals surface area contributed by atoms with Crippen LogP contribution in [-0.2, 0) is 24.8 Å². The van der Waals surface area contributed by atoms with Gasteiger partial charge in [0, 0.05) is 19.2 Å². The zero-order chi connectivity index (χ0) is 16.9. The summed E-state index contributed by atoms with van der Waals surface area (Å²) in [5.41, 5.74) is 0. The van der Waals surface area contributed by atoms with Crippen molar-refractivity contribution in [3.05, 3.63) is 30.3 Å². The minimum absolute atomic E-state index is 0.0213. The van der Waals surface area contributed by atoms with E-state index in [-0.39, 0.29) is 29.3 Å². The fourth-order valence-corrected chi connectivity index (χ4v) is 4.80. The van der Waals surface area contributed by atoms with Crippen molar-refractivity contribution in [1.29, 1.82) is 0 Å². The maximum Gasteiger partial charge on any atom is 0.240 e. The highest BCUT2D eigenvalue weighted by molar-refractivity contribution is 7.90. The van der Waals surface area contributed by atoms with Gasteiger partial charge in [-0.1, -0.05) is 18.2 Å². The van der Waals surface area contributed by atoms with Crippen molar-refractivity contribution >= 4 is 20.0 Å². The van der Waals surface area contributed by atoms with Gasteiger partial charge in [-0.05, 0) is 31.9 Å². The summed E-state index contributed by atoms with van der Waals surface area (Å²) in [7, 11) is -7.23. The zero-order valence-corrected chi connectivity index (χ0v) is 14.6. The van der Waals surface area contributed by atoms with Crippen LogP contribution in [0.4, 0.5) is 0 Å². The molecule has 1 aliphatic heterocycles. The SMILES string of the molecule is C[C@H]1C[C@@H](NS(=O)(=O)CCNS(=O)(=O)c2ccccc2)CCO1. The van der Waals surface area contributed by atoms with Crippen LogP contribution in [0.5, 0.6) is 0 Å². The summed E-state index contributed by atoms with van der Waals surface area (Å²) >= 11 is 0. The third-order valence-corrected chi connectivity index (χ3v) is 6.46. The average Bonchev–Trinajstić information content (AvgIpc) is 2.47. The molecule has 0 aliphatic carbocycles. The number of hydrogen-bond donors (Lipinski definition) is 2. The zero-order valence-electron chi connectivity index (χ0n) is 12.9. The smallest absolute Gasteiger partial charge is 0.240 e. The predicted molar refractivity (Wildman–Crippen MR) is 87.0 cm³/mol. The molecular weight excluding hydrogens is 340 g/mol. The quantitative estimate of drug-likeness (QED) is 0.733. The van der Waals surface area contributed by atoms with Gasteiger partial charge in [-0.2, -0.15) is 0 Å². The second-order valence-corrected chi connectivity index (χ2v) is 9.19. The van der Waals surface area contributed by atoms with E-state index >= 15 is 0 Å². The van der Waals surface area contributed by atoms with Gasteiger partial charge in [0.05, 0.1) is 16.8 Å². The molecule has 23 heavy (non-hydrogen) atoms. The molecular formula is C14H22N2O5S2. The van der Waals surface area contributed by atoms with E-state index in [1.165, 1.54) is 12.1 Å². The molecule has 1 aliphatic rings. The first kappa shape index (κ1) is 18.3. The van der Waals surface area contributed by atoms with E-state index in [2.05, 4.69) is 9.44 Å². The highest BCUT2D eigenvalue weighted by Gasteiger charge is 2.24. The van der Waals surface area contributed by atoms with Crippen molar-refractivity contribution in [2.24, 2.45) is 0 Å². The molecule has 1 aromatic rings. The van der Waals surface area contributed by atoms with Crippen LogP contribution in [0.25, 0.3) is 0 Å². The van der Waals surface area contributed by atoms with Crippen LogP contribution in [-0.4, -0.2) is 47.9 Å². The minimum atomic E-state index is -3.69. The molecule has 0 saturated carbocycles. The Balaban J connectivity index is 1.85. The Bertz CT molecular complexity index is 704. The van der Waals surface area contributed by atoms with Gasteiger partial charge in [0.25, 0.3) is 0 Å². The van der Waals surface area contributed by atoms with Crippen LogP contribution in [0.1, 0.15) is 19.8 Å². The summed E-state index contributed by atoms with van der Waals surface area (Å²) < 4.78 is 58.4. The maximum atomic E-state index is 12.0. The highest BCUT2D eigenvalue weighted by Crippen LogP contribution is 2.14. The molecule has 1 saturated heterocycles. The van der Waals surface area contributed by atoms with Crippen molar-refractivity contribution in [3.63, 3.8) is 0 Å². The Kier molecular flexibility index (Phi) is 6.15. The first-order chi connectivity index (χ1) is 10.8. The van der Waals surface area contributed by atoms with Crippen LogP contribution >= 0.6 is 0 Å². The molecule has 2 N–H and O–H groups in total. The van der Waals surface area contributed by atoms with Crippen molar-refractivity contribution in [2.45, 2.75) is 36.8 Å². The van der Waals surface area contributed by atoms with Crippen molar-refractivity contribution in [2.75, 3.05) is 18.9 Å². The largest absolute Gasteiger partial charge is 0.378 e. The third kappa shape index (κ3) is 5.85. The van der Waals surface area contributed by atoms with Gasteiger partial charge in [-0.25, -0.2) is 26.3 Å². The van der Waals surface area contributed by atoms with Gasteiger partial charge in [-0.15, -0.1) is 0 Å². The number of ether oxygens (including phenoxy) is 1. The lowest BCUT2D eigenvalue weighted by atomic mass is 10.1. The second-order valence-electron chi connectivity index (χ2n) is 5.55. The van der Waals surface area contributed by atoms with Crippen LogP contribution in [0, 0.1) is 0 Å². The fraction of sp³-hybridized carbons (Fsp3) is 0.571. The molecule has 0 bridgehead atoms. The lowest BCUT2D eigenvalue weighted by Gasteiger charge is -2.27. The summed E-state index contributed by atoms with van der Waals surface area (Å²) in [4.78, 5) is 0.114. The number of hydrogen-bond acceptors (Lipinski definition) is 5. The van der Waals surface area contributed by atoms with E-state index in [4.69, 9.17) is 4.74 Å².